The molecule has 7 heteroatoms. The maximum absolute atomic E-state index is 12.1. The van der Waals surface area contributed by atoms with Crippen molar-refractivity contribution in [3.63, 3.8) is 0 Å². The fraction of sp³-hybridized carbons (Fsp3) is 0.615. The van der Waals surface area contributed by atoms with Gasteiger partial charge in [-0.05, 0) is 20.8 Å². The van der Waals surface area contributed by atoms with Gasteiger partial charge >= 0.3 is 12.0 Å². The van der Waals surface area contributed by atoms with E-state index in [2.05, 4.69) is 10.4 Å². The Bertz CT molecular complexity index is 482. The maximum atomic E-state index is 12.1. The van der Waals surface area contributed by atoms with Gasteiger partial charge in [-0.2, -0.15) is 5.10 Å². The first-order chi connectivity index (χ1) is 9.31. The molecule has 112 valence electrons. The predicted octanol–water partition coefficient (Wildman–Crippen LogP) is 1.12. The Kier molecular flexibility index (Phi) is 5.54. The third-order valence-electron chi connectivity index (χ3n) is 3.00. The highest BCUT2D eigenvalue weighted by Gasteiger charge is 2.18. The molecule has 1 aromatic heterocycles. The quantitative estimate of drug-likeness (QED) is 0.818. The fourth-order valence-corrected chi connectivity index (χ4v) is 1.90. The first-order valence-electron chi connectivity index (χ1n) is 6.56. The van der Waals surface area contributed by atoms with E-state index in [1.165, 1.54) is 4.90 Å². The van der Waals surface area contributed by atoms with Gasteiger partial charge in [0.1, 0.15) is 0 Å². The van der Waals surface area contributed by atoms with Gasteiger partial charge in [-0.1, -0.05) is 0 Å². The number of aryl methyl sites for hydroxylation is 2. The van der Waals surface area contributed by atoms with E-state index in [1.54, 1.807) is 4.68 Å². The summed E-state index contributed by atoms with van der Waals surface area (Å²) in [5.74, 6) is -0.911. The molecule has 0 aliphatic carbocycles. The van der Waals surface area contributed by atoms with Gasteiger partial charge in [-0.3, -0.25) is 9.48 Å². The molecule has 20 heavy (non-hydrogen) atoms. The lowest BCUT2D eigenvalue weighted by Crippen LogP contribution is -2.44. The largest absolute Gasteiger partial charge is 0.481 e. The van der Waals surface area contributed by atoms with Gasteiger partial charge in [0.05, 0.1) is 12.1 Å². The first kappa shape index (κ1) is 16.0. The van der Waals surface area contributed by atoms with Crippen LogP contribution in [0, 0.1) is 6.92 Å². The van der Waals surface area contributed by atoms with Crippen molar-refractivity contribution in [3.05, 3.63) is 17.5 Å². The van der Waals surface area contributed by atoms with Gasteiger partial charge in [-0.15, -0.1) is 0 Å². The zero-order valence-electron chi connectivity index (χ0n) is 12.4. The van der Waals surface area contributed by atoms with Crippen molar-refractivity contribution in [2.75, 3.05) is 6.54 Å². The molecule has 1 rings (SSSR count). The first-order valence-corrected chi connectivity index (χ1v) is 6.56. The summed E-state index contributed by atoms with van der Waals surface area (Å²) < 4.78 is 1.70. The van der Waals surface area contributed by atoms with Crippen LogP contribution in [-0.4, -0.2) is 44.4 Å². The van der Waals surface area contributed by atoms with E-state index in [1.807, 2.05) is 34.0 Å². The van der Waals surface area contributed by atoms with E-state index in [0.29, 0.717) is 6.54 Å². The summed E-state index contributed by atoms with van der Waals surface area (Å²) >= 11 is 0. The molecule has 7 nitrogen and oxygen atoms in total. The number of carboxylic acids is 1. The summed E-state index contributed by atoms with van der Waals surface area (Å²) in [5.41, 5.74) is 1.82. The average molecular weight is 282 g/mol. The van der Waals surface area contributed by atoms with Crippen LogP contribution in [-0.2, 0) is 18.4 Å². The molecule has 0 saturated carbocycles. The molecule has 0 radical (unpaired) electrons. The molecule has 0 unspecified atom stereocenters. The number of urea groups is 1. The summed E-state index contributed by atoms with van der Waals surface area (Å²) in [4.78, 5) is 24.2. The monoisotopic (exact) mass is 282 g/mol. The minimum atomic E-state index is -0.911. The summed E-state index contributed by atoms with van der Waals surface area (Å²) in [6.07, 6.45) is 1.80. The van der Waals surface area contributed by atoms with Crippen LogP contribution in [0.3, 0.4) is 0 Å². The topological polar surface area (TPSA) is 87.5 Å². The predicted molar refractivity (Wildman–Crippen MR) is 74.3 cm³/mol. The number of carbonyl (C=O) groups is 2. The number of carboxylic acid groups (broad SMARTS) is 1. The molecule has 1 heterocycles. The summed E-state index contributed by atoms with van der Waals surface area (Å²) in [6, 6.07) is -0.311. The molecule has 2 N–H and O–H groups in total. The van der Waals surface area contributed by atoms with Crippen molar-refractivity contribution < 1.29 is 14.7 Å². The molecule has 0 aromatic carbocycles. The number of nitrogens with zero attached hydrogens (tertiary/aromatic N) is 3. The van der Waals surface area contributed by atoms with Crippen LogP contribution in [0.5, 0.6) is 0 Å². The van der Waals surface area contributed by atoms with Crippen LogP contribution in [0.4, 0.5) is 4.79 Å². The highest BCUT2D eigenvalue weighted by molar-refractivity contribution is 5.75. The van der Waals surface area contributed by atoms with Crippen molar-refractivity contribution in [1.29, 1.82) is 0 Å². The second-order valence-corrected chi connectivity index (χ2v) is 5.00. The lowest BCUT2D eigenvalue weighted by molar-refractivity contribution is -0.137. The van der Waals surface area contributed by atoms with Gasteiger partial charge in [0.25, 0.3) is 0 Å². The van der Waals surface area contributed by atoms with Gasteiger partial charge in [0.2, 0.25) is 0 Å². The zero-order chi connectivity index (χ0) is 15.3. The van der Waals surface area contributed by atoms with E-state index in [-0.39, 0.29) is 25.0 Å². The van der Waals surface area contributed by atoms with Crippen LogP contribution in [0.25, 0.3) is 0 Å². The second-order valence-electron chi connectivity index (χ2n) is 5.00. The van der Waals surface area contributed by atoms with Gasteiger partial charge in [-0.25, -0.2) is 4.79 Å². The number of hydrogen-bond acceptors (Lipinski definition) is 3. The number of aromatic nitrogens is 2. The van der Waals surface area contributed by atoms with E-state index in [0.717, 1.165) is 11.3 Å². The van der Waals surface area contributed by atoms with Crippen molar-refractivity contribution in [2.24, 2.45) is 7.05 Å². The number of aliphatic carboxylic acids is 1. The number of amides is 2. The molecular weight excluding hydrogens is 260 g/mol. The summed E-state index contributed by atoms with van der Waals surface area (Å²) in [5, 5.41) is 15.7. The fourth-order valence-electron chi connectivity index (χ4n) is 1.90. The van der Waals surface area contributed by atoms with Crippen molar-refractivity contribution in [1.82, 2.24) is 20.0 Å². The maximum Gasteiger partial charge on any atom is 0.317 e. The highest BCUT2D eigenvalue weighted by atomic mass is 16.4. The molecule has 0 bridgehead atoms. The molecule has 0 saturated heterocycles. The van der Waals surface area contributed by atoms with E-state index >= 15 is 0 Å². The number of carbonyl (C=O) groups excluding carboxylic acids is 1. The molecule has 0 atom stereocenters. The molecule has 0 spiro atoms. The molecule has 0 aliphatic rings. The Morgan fingerprint density at radius 1 is 1.50 bits per heavy atom. The van der Waals surface area contributed by atoms with Crippen molar-refractivity contribution in [3.8, 4) is 0 Å². The lowest BCUT2D eigenvalue weighted by Gasteiger charge is -2.26. The Labute approximate surface area is 118 Å². The molecule has 2 amide bonds. The van der Waals surface area contributed by atoms with E-state index in [4.69, 9.17) is 5.11 Å². The molecule has 1 aromatic rings. The minimum absolute atomic E-state index is 0.0515. The molecule has 0 aliphatic heterocycles. The van der Waals surface area contributed by atoms with Crippen molar-refractivity contribution >= 4 is 12.0 Å². The smallest absolute Gasteiger partial charge is 0.317 e. The Hall–Kier alpha value is -2.05. The van der Waals surface area contributed by atoms with E-state index in [9.17, 15) is 9.59 Å². The average Bonchev–Trinajstić information content (AvgIpc) is 2.64. The van der Waals surface area contributed by atoms with Gasteiger partial charge in [0, 0.05) is 37.9 Å². The molecule has 0 fully saturated rings. The Morgan fingerprint density at radius 3 is 2.60 bits per heavy atom. The zero-order valence-corrected chi connectivity index (χ0v) is 12.4. The highest BCUT2D eigenvalue weighted by Crippen LogP contribution is 2.06. The van der Waals surface area contributed by atoms with E-state index < -0.39 is 5.97 Å². The summed E-state index contributed by atoms with van der Waals surface area (Å²) in [7, 11) is 1.83. The Balaban J connectivity index is 2.58. The Morgan fingerprint density at radius 2 is 2.15 bits per heavy atom. The third-order valence-corrected chi connectivity index (χ3v) is 3.00. The third kappa shape index (κ3) is 4.56. The van der Waals surface area contributed by atoms with Crippen molar-refractivity contribution in [2.45, 2.75) is 39.8 Å². The minimum Gasteiger partial charge on any atom is -0.481 e. The summed E-state index contributed by atoms with van der Waals surface area (Å²) in [6.45, 7) is 6.18. The lowest BCUT2D eigenvalue weighted by atomic mass is 10.2. The SMILES string of the molecule is Cc1nn(C)cc1CNC(=O)N(CCC(=O)O)C(C)C. The second kappa shape index (κ2) is 6.93. The van der Waals surface area contributed by atoms with Crippen LogP contribution in [0.15, 0.2) is 6.20 Å². The van der Waals surface area contributed by atoms with Gasteiger partial charge in [0.15, 0.2) is 0 Å². The number of rotatable bonds is 6. The standard InChI is InChI=1S/C13H22N4O3/c1-9(2)17(6-5-12(18)19)13(20)14-7-11-8-16(4)15-10(11)3/h8-9H,5-7H2,1-4H3,(H,14,20)(H,18,19). The van der Waals surface area contributed by atoms with Crippen LogP contribution < -0.4 is 5.32 Å². The number of hydrogen-bond donors (Lipinski definition) is 2. The molecular formula is C13H22N4O3. The normalized spacial score (nSPS) is 10.7. The van der Waals surface area contributed by atoms with Crippen LogP contribution in [0.2, 0.25) is 0 Å². The van der Waals surface area contributed by atoms with Crippen LogP contribution >= 0.6 is 0 Å². The van der Waals surface area contributed by atoms with Crippen LogP contribution in [0.1, 0.15) is 31.5 Å². The number of nitrogens with one attached hydrogen (secondary N) is 1. The van der Waals surface area contributed by atoms with Gasteiger partial charge < -0.3 is 15.3 Å².